The Hall–Kier alpha value is -2.61. The molecule has 0 atom stereocenters. The molecule has 2 aromatic rings. The van der Waals surface area contributed by atoms with E-state index in [1.165, 1.54) is 21.3 Å². The number of nitrogens with one attached hydrogen (secondary N) is 1. The summed E-state index contributed by atoms with van der Waals surface area (Å²) in [5.41, 5.74) is 2.39. The minimum absolute atomic E-state index is 0.00727. The zero-order valence-electron chi connectivity index (χ0n) is 15.1. The van der Waals surface area contributed by atoms with Gasteiger partial charge in [-0.05, 0) is 35.7 Å². The SMILES string of the molecule is CN(Cc1cccc(F)c1)C(=O)NCCS(=O)(=O)N1CCc2ccccc21. The van der Waals surface area contributed by atoms with Gasteiger partial charge in [0.05, 0.1) is 11.4 Å². The molecule has 0 spiro atoms. The lowest BCUT2D eigenvalue weighted by Gasteiger charge is -2.21. The van der Waals surface area contributed by atoms with E-state index in [2.05, 4.69) is 5.32 Å². The highest BCUT2D eigenvalue weighted by Crippen LogP contribution is 2.29. The van der Waals surface area contributed by atoms with Crippen molar-refractivity contribution >= 4 is 21.7 Å². The summed E-state index contributed by atoms with van der Waals surface area (Å²) in [6.45, 7) is 0.665. The topological polar surface area (TPSA) is 69.7 Å². The average Bonchev–Trinajstić information content (AvgIpc) is 3.06. The van der Waals surface area contributed by atoms with Crippen LogP contribution in [0.4, 0.5) is 14.9 Å². The van der Waals surface area contributed by atoms with Crippen LogP contribution >= 0.6 is 0 Å². The molecule has 1 aliphatic rings. The van der Waals surface area contributed by atoms with Crippen molar-refractivity contribution in [1.29, 1.82) is 0 Å². The zero-order valence-corrected chi connectivity index (χ0v) is 15.9. The van der Waals surface area contributed by atoms with Crippen LogP contribution in [0.5, 0.6) is 0 Å². The summed E-state index contributed by atoms with van der Waals surface area (Å²) in [5, 5.41) is 2.61. The number of hydrogen-bond donors (Lipinski definition) is 1. The second-order valence-corrected chi connectivity index (χ2v) is 8.50. The van der Waals surface area contributed by atoms with Gasteiger partial charge in [0, 0.05) is 26.7 Å². The maximum absolute atomic E-state index is 13.2. The van der Waals surface area contributed by atoms with E-state index < -0.39 is 16.1 Å². The van der Waals surface area contributed by atoms with Gasteiger partial charge in [0.15, 0.2) is 0 Å². The van der Waals surface area contributed by atoms with E-state index in [0.717, 1.165) is 5.56 Å². The first kappa shape index (κ1) is 19.2. The molecule has 1 aliphatic heterocycles. The number of anilines is 1. The van der Waals surface area contributed by atoms with Gasteiger partial charge in [-0.1, -0.05) is 30.3 Å². The lowest BCUT2D eigenvalue weighted by Crippen LogP contribution is -2.41. The summed E-state index contributed by atoms with van der Waals surface area (Å²) >= 11 is 0. The van der Waals surface area contributed by atoms with Crippen LogP contribution in [0.3, 0.4) is 0 Å². The van der Waals surface area contributed by atoms with Crippen molar-refractivity contribution in [1.82, 2.24) is 10.2 Å². The molecule has 8 heteroatoms. The molecule has 3 rings (SSSR count). The Kier molecular flexibility index (Phi) is 5.65. The normalized spacial score (nSPS) is 13.3. The monoisotopic (exact) mass is 391 g/mol. The van der Waals surface area contributed by atoms with Gasteiger partial charge in [0.1, 0.15) is 5.82 Å². The number of hydrogen-bond acceptors (Lipinski definition) is 3. The molecule has 0 fully saturated rings. The summed E-state index contributed by atoms with van der Waals surface area (Å²) in [6.07, 6.45) is 0.693. The second kappa shape index (κ2) is 7.96. The lowest BCUT2D eigenvalue weighted by molar-refractivity contribution is 0.207. The maximum Gasteiger partial charge on any atom is 0.317 e. The van der Waals surface area contributed by atoms with Crippen LogP contribution in [0.1, 0.15) is 11.1 Å². The molecular formula is C19H22FN3O3S. The van der Waals surface area contributed by atoms with Gasteiger partial charge in [-0.2, -0.15) is 0 Å². The predicted octanol–water partition coefficient (Wildman–Crippen LogP) is 2.36. The first-order chi connectivity index (χ1) is 12.9. The van der Waals surface area contributed by atoms with Gasteiger partial charge in [-0.25, -0.2) is 17.6 Å². The molecule has 0 aliphatic carbocycles. The number of urea groups is 1. The summed E-state index contributed by atoms with van der Waals surface area (Å²) in [6, 6.07) is 13.0. The Morgan fingerprint density at radius 3 is 2.78 bits per heavy atom. The molecule has 2 amide bonds. The number of benzene rings is 2. The fourth-order valence-corrected chi connectivity index (χ4v) is 4.54. The molecule has 0 saturated carbocycles. The van der Waals surface area contributed by atoms with Crippen LogP contribution in [0, 0.1) is 5.82 Å². The first-order valence-electron chi connectivity index (χ1n) is 8.68. The van der Waals surface area contributed by atoms with Gasteiger partial charge in [-0.15, -0.1) is 0 Å². The van der Waals surface area contributed by atoms with Crippen molar-refractivity contribution in [2.75, 3.05) is 30.2 Å². The molecule has 27 heavy (non-hydrogen) atoms. The van der Waals surface area contributed by atoms with Gasteiger partial charge < -0.3 is 10.2 Å². The van der Waals surface area contributed by atoms with Gasteiger partial charge in [0.2, 0.25) is 10.0 Å². The van der Waals surface area contributed by atoms with E-state index in [1.54, 1.807) is 25.2 Å². The van der Waals surface area contributed by atoms with Crippen LogP contribution in [-0.2, 0) is 23.0 Å². The smallest absolute Gasteiger partial charge is 0.317 e. The summed E-state index contributed by atoms with van der Waals surface area (Å²) in [7, 11) is -1.93. The van der Waals surface area contributed by atoms with Crippen molar-refractivity contribution < 1.29 is 17.6 Å². The van der Waals surface area contributed by atoms with Crippen molar-refractivity contribution in [3.05, 3.63) is 65.5 Å². The van der Waals surface area contributed by atoms with Crippen molar-refractivity contribution in [2.24, 2.45) is 0 Å². The standard InChI is InChI=1S/C19H22FN3O3S/c1-22(14-15-5-4-7-17(20)13-15)19(24)21-10-12-27(25,26)23-11-9-16-6-2-3-8-18(16)23/h2-8,13H,9-12,14H2,1H3,(H,21,24). The lowest BCUT2D eigenvalue weighted by atomic mass is 10.2. The van der Waals surface area contributed by atoms with E-state index >= 15 is 0 Å². The third kappa shape index (κ3) is 4.57. The van der Waals surface area contributed by atoms with E-state index in [9.17, 15) is 17.6 Å². The average molecular weight is 391 g/mol. The fraction of sp³-hybridized carbons (Fsp3) is 0.316. The van der Waals surface area contributed by atoms with E-state index in [0.29, 0.717) is 24.2 Å². The minimum Gasteiger partial charge on any atom is -0.337 e. The van der Waals surface area contributed by atoms with Crippen LogP contribution < -0.4 is 9.62 Å². The highest BCUT2D eigenvalue weighted by Gasteiger charge is 2.28. The molecule has 2 aromatic carbocycles. The fourth-order valence-electron chi connectivity index (χ4n) is 3.11. The van der Waals surface area contributed by atoms with E-state index in [1.807, 2.05) is 18.2 Å². The van der Waals surface area contributed by atoms with Crippen LogP contribution in [0.25, 0.3) is 0 Å². The molecule has 0 radical (unpaired) electrons. The number of nitrogens with zero attached hydrogens (tertiary/aromatic N) is 2. The third-order valence-electron chi connectivity index (χ3n) is 4.47. The highest BCUT2D eigenvalue weighted by atomic mass is 32.2. The van der Waals surface area contributed by atoms with E-state index in [-0.39, 0.29) is 24.7 Å². The Morgan fingerprint density at radius 1 is 1.22 bits per heavy atom. The molecule has 0 aromatic heterocycles. The highest BCUT2D eigenvalue weighted by molar-refractivity contribution is 7.92. The van der Waals surface area contributed by atoms with Gasteiger partial charge in [0.25, 0.3) is 0 Å². The van der Waals surface area contributed by atoms with Crippen molar-refractivity contribution in [2.45, 2.75) is 13.0 Å². The minimum atomic E-state index is -3.51. The van der Waals surface area contributed by atoms with Gasteiger partial charge >= 0.3 is 6.03 Å². The molecule has 0 saturated heterocycles. The van der Waals surface area contributed by atoms with Crippen LogP contribution in [0.15, 0.2) is 48.5 Å². The molecular weight excluding hydrogens is 369 g/mol. The van der Waals surface area contributed by atoms with Crippen molar-refractivity contribution in [3.63, 3.8) is 0 Å². The number of carbonyl (C=O) groups is 1. The molecule has 144 valence electrons. The first-order valence-corrected chi connectivity index (χ1v) is 10.3. The summed E-state index contributed by atoms with van der Waals surface area (Å²) < 4.78 is 39.8. The number of halogens is 1. The number of amides is 2. The summed E-state index contributed by atoms with van der Waals surface area (Å²) in [5.74, 6) is -0.542. The number of fused-ring (bicyclic) bond motifs is 1. The number of carbonyl (C=O) groups excluding carboxylic acids is 1. The molecule has 0 unspecified atom stereocenters. The van der Waals surface area contributed by atoms with Crippen molar-refractivity contribution in [3.8, 4) is 0 Å². The number of para-hydroxylation sites is 1. The molecule has 1 heterocycles. The zero-order chi connectivity index (χ0) is 19.4. The second-order valence-electron chi connectivity index (χ2n) is 6.48. The Morgan fingerprint density at radius 2 is 2.00 bits per heavy atom. The molecule has 1 N–H and O–H groups in total. The molecule has 6 nitrogen and oxygen atoms in total. The Bertz CT molecular complexity index is 933. The Labute approximate surface area is 158 Å². The number of sulfonamides is 1. The quantitative estimate of drug-likeness (QED) is 0.822. The van der Waals surface area contributed by atoms with Crippen LogP contribution in [0.2, 0.25) is 0 Å². The Balaban J connectivity index is 1.52. The predicted molar refractivity (Wildman–Crippen MR) is 103 cm³/mol. The summed E-state index contributed by atoms with van der Waals surface area (Å²) in [4.78, 5) is 13.5. The number of rotatable bonds is 6. The molecule has 0 bridgehead atoms. The van der Waals surface area contributed by atoms with E-state index in [4.69, 9.17) is 0 Å². The third-order valence-corrected chi connectivity index (χ3v) is 6.24. The maximum atomic E-state index is 13.2. The van der Waals surface area contributed by atoms with Crippen LogP contribution in [-0.4, -0.2) is 45.2 Å². The largest absolute Gasteiger partial charge is 0.337 e. The van der Waals surface area contributed by atoms with Gasteiger partial charge in [-0.3, -0.25) is 4.31 Å².